The molecule has 100 valence electrons. The minimum absolute atomic E-state index is 0.391. The maximum absolute atomic E-state index is 5.44. The summed E-state index contributed by atoms with van der Waals surface area (Å²) in [6.45, 7) is 5.95. The lowest BCUT2D eigenvalue weighted by Crippen LogP contribution is -2.42. The monoisotopic (exact) mass is 248 g/mol. The smallest absolute Gasteiger partial charge is 0.205 e. The summed E-state index contributed by atoms with van der Waals surface area (Å²) < 4.78 is 0. The summed E-state index contributed by atoms with van der Waals surface area (Å²) in [5, 5.41) is 3.19. The number of hydrogen-bond acceptors (Lipinski definition) is 2. The normalized spacial score (nSPS) is 13.2. The van der Waals surface area contributed by atoms with Crippen molar-refractivity contribution in [3.05, 3.63) is 35.9 Å². The van der Waals surface area contributed by atoms with E-state index in [1.807, 2.05) is 6.07 Å². The fourth-order valence-electron chi connectivity index (χ4n) is 1.65. The Kier molecular flexibility index (Phi) is 6.87. The zero-order chi connectivity index (χ0) is 13.2. The van der Waals surface area contributed by atoms with E-state index in [0.29, 0.717) is 11.9 Å². The molecule has 1 atom stereocenters. The molecule has 1 rings (SSSR count). The summed E-state index contributed by atoms with van der Waals surface area (Å²) in [5.74, 6) is 6.50. The van der Waals surface area contributed by atoms with Gasteiger partial charge in [-0.1, -0.05) is 50.6 Å². The van der Waals surface area contributed by atoms with Gasteiger partial charge in [0.15, 0.2) is 0 Å². The lowest BCUT2D eigenvalue weighted by Gasteiger charge is -2.12. The van der Waals surface area contributed by atoms with E-state index in [1.165, 1.54) is 5.56 Å². The third-order valence-corrected chi connectivity index (χ3v) is 2.85. The Morgan fingerprint density at radius 2 is 2.06 bits per heavy atom. The third-order valence-electron chi connectivity index (χ3n) is 2.85. The molecule has 0 radical (unpaired) electrons. The van der Waals surface area contributed by atoms with Crippen LogP contribution in [0.15, 0.2) is 35.3 Å². The van der Waals surface area contributed by atoms with Crippen LogP contribution in [0.3, 0.4) is 0 Å². The molecular formula is C14H24N4. The Balaban J connectivity index is 2.45. The number of nitrogens with zero attached hydrogens (tertiary/aromatic N) is 1. The molecule has 0 saturated heterocycles. The van der Waals surface area contributed by atoms with E-state index in [-0.39, 0.29) is 0 Å². The van der Waals surface area contributed by atoms with Crippen molar-refractivity contribution < 1.29 is 0 Å². The van der Waals surface area contributed by atoms with Gasteiger partial charge in [0, 0.05) is 19.0 Å². The summed E-state index contributed by atoms with van der Waals surface area (Å²) in [6, 6.07) is 10.4. The van der Waals surface area contributed by atoms with Crippen LogP contribution < -0.4 is 16.6 Å². The Bertz CT molecular complexity index is 348. The molecule has 0 aromatic heterocycles. The minimum Gasteiger partial charge on any atom is -0.355 e. The summed E-state index contributed by atoms with van der Waals surface area (Å²) in [4.78, 5) is 4.46. The van der Waals surface area contributed by atoms with Gasteiger partial charge in [0.2, 0.25) is 5.96 Å². The first-order chi connectivity index (χ1) is 8.77. The molecule has 0 fully saturated rings. The summed E-state index contributed by atoms with van der Waals surface area (Å²) in [5.41, 5.74) is 3.90. The molecule has 0 aliphatic carbocycles. The number of rotatable bonds is 6. The van der Waals surface area contributed by atoms with Gasteiger partial charge in [0.05, 0.1) is 0 Å². The van der Waals surface area contributed by atoms with E-state index in [2.05, 4.69) is 53.8 Å². The molecule has 0 saturated carbocycles. The van der Waals surface area contributed by atoms with E-state index >= 15 is 0 Å². The van der Waals surface area contributed by atoms with Gasteiger partial charge < -0.3 is 5.32 Å². The maximum atomic E-state index is 5.44. The van der Waals surface area contributed by atoms with E-state index in [1.54, 1.807) is 0 Å². The predicted octanol–water partition coefficient (Wildman–Crippen LogP) is 2.00. The molecule has 1 aromatic carbocycles. The van der Waals surface area contributed by atoms with Gasteiger partial charge in [0.1, 0.15) is 0 Å². The van der Waals surface area contributed by atoms with E-state index < -0.39 is 0 Å². The van der Waals surface area contributed by atoms with Gasteiger partial charge in [-0.3, -0.25) is 10.4 Å². The molecule has 4 heteroatoms. The van der Waals surface area contributed by atoms with Crippen molar-refractivity contribution in [3.63, 3.8) is 0 Å². The van der Waals surface area contributed by atoms with E-state index in [4.69, 9.17) is 5.84 Å². The van der Waals surface area contributed by atoms with E-state index in [9.17, 15) is 0 Å². The maximum Gasteiger partial charge on any atom is 0.205 e. The van der Waals surface area contributed by atoms with Gasteiger partial charge in [-0.15, -0.1) is 0 Å². The highest BCUT2D eigenvalue weighted by Crippen LogP contribution is 2.14. The molecule has 0 aliphatic heterocycles. The molecule has 1 unspecified atom stereocenters. The number of nitrogens with one attached hydrogen (secondary N) is 2. The number of hydrazine groups is 1. The number of aliphatic imine (C=N–C) groups is 1. The first-order valence-electron chi connectivity index (χ1n) is 6.57. The first-order valence-corrected chi connectivity index (χ1v) is 6.57. The van der Waals surface area contributed by atoms with Crippen LogP contribution in [0, 0.1) is 0 Å². The second-order valence-corrected chi connectivity index (χ2v) is 4.43. The summed E-state index contributed by atoms with van der Waals surface area (Å²) >= 11 is 0. The van der Waals surface area contributed by atoms with Crippen LogP contribution in [-0.2, 0) is 0 Å². The lowest BCUT2D eigenvalue weighted by atomic mass is 10.0. The lowest BCUT2D eigenvalue weighted by molar-refractivity contribution is 0.717. The average molecular weight is 248 g/mol. The van der Waals surface area contributed by atoms with Gasteiger partial charge in [-0.2, -0.15) is 0 Å². The second-order valence-electron chi connectivity index (χ2n) is 4.43. The Hall–Kier alpha value is -1.55. The Morgan fingerprint density at radius 3 is 2.67 bits per heavy atom. The molecule has 0 bridgehead atoms. The average Bonchev–Trinajstić information content (AvgIpc) is 2.43. The topological polar surface area (TPSA) is 62.4 Å². The van der Waals surface area contributed by atoms with Crippen molar-refractivity contribution in [3.8, 4) is 0 Å². The predicted molar refractivity (Wildman–Crippen MR) is 77.4 cm³/mol. The zero-order valence-electron chi connectivity index (χ0n) is 11.3. The minimum atomic E-state index is 0.391. The molecule has 4 N–H and O–H groups in total. The van der Waals surface area contributed by atoms with Crippen LogP contribution in [0.2, 0.25) is 0 Å². The van der Waals surface area contributed by atoms with Crippen molar-refractivity contribution in [2.45, 2.75) is 32.6 Å². The fourth-order valence-corrected chi connectivity index (χ4v) is 1.65. The largest absolute Gasteiger partial charge is 0.355 e. The summed E-state index contributed by atoms with van der Waals surface area (Å²) in [7, 11) is 0. The van der Waals surface area contributed by atoms with Crippen LogP contribution in [-0.4, -0.2) is 19.0 Å². The first kappa shape index (κ1) is 14.5. The SMILES string of the molecule is CCCCNC(=NCC(C)c1ccccc1)NN. The van der Waals surface area contributed by atoms with Crippen LogP contribution in [0.1, 0.15) is 38.2 Å². The molecule has 0 aliphatic rings. The number of hydrogen-bond donors (Lipinski definition) is 3. The molecule has 0 amide bonds. The van der Waals surface area contributed by atoms with Crippen LogP contribution in [0.25, 0.3) is 0 Å². The van der Waals surface area contributed by atoms with Gasteiger partial charge in [-0.05, 0) is 12.0 Å². The highest BCUT2D eigenvalue weighted by Gasteiger charge is 2.04. The highest BCUT2D eigenvalue weighted by atomic mass is 15.3. The molecule has 1 aromatic rings. The molecular weight excluding hydrogens is 224 g/mol. The molecule has 18 heavy (non-hydrogen) atoms. The molecule has 0 heterocycles. The Morgan fingerprint density at radius 1 is 1.33 bits per heavy atom. The number of nitrogens with two attached hydrogens (primary N) is 1. The van der Waals surface area contributed by atoms with Crippen LogP contribution in [0.4, 0.5) is 0 Å². The van der Waals surface area contributed by atoms with Crippen LogP contribution >= 0.6 is 0 Å². The molecule has 0 spiro atoms. The van der Waals surface area contributed by atoms with Crippen LogP contribution in [0.5, 0.6) is 0 Å². The second kappa shape index (κ2) is 8.53. The zero-order valence-corrected chi connectivity index (χ0v) is 11.3. The summed E-state index contributed by atoms with van der Waals surface area (Å²) in [6.07, 6.45) is 2.28. The standard InChI is InChI=1S/C14H24N4/c1-3-4-10-16-14(18-15)17-11-12(2)13-8-6-5-7-9-13/h5-9,12H,3-4,10-11,15H2,1-2H3,(H2,16,17,18). The van der Waals surface area contributed by atoms with Crippen molar-refractivity contribution in [1.82, 2.24) is 10.7 Å². The molecule has 4 nitrogen and oxygen atoms in total. The van der Waals surface area contributed by atoms with Gasteiger partial charge >= 0.3 is 0 Å². The number of benzene rings is 1. The van der Waals surface area contributed by atoms with Crippen molar-refractivity contribution in [2.24, 2.45) is 10.8 Å². The van der Waals surface area contributed by atoms with Gasteiger partial charge in [-0.25, -0.2) is 5.84 Å². The number of unbranched alkanes of at least 4 members (excludes halogenated alkanes) is 1. The number of guanidine groups is 1. The van der Waals surface area contributed by atoms with E-state index in [0.717, 1.165) is 25.9 Å². The van der Waals surface area contributed by atoms with Crippen molar-refractivity contribution in [1.29, 1.82) is 0 Å². The third kappa shape index (κ3) is 5.19. The van der Waals surface area contributed by atoms with Crippen molar-refractivity contribution >= 4 is 5.96 Å². The fraction of sp³-hybridized carbons (Fsp3) is 0.500. The van der Waals surface area contributed by atoms with Gasteiger partial charge in [0.25, 0.3) is 0 Å². The quantitative estimate of drug-likeness (QED) is 0.237. The van der Waals surface area contributed by atoms with Crippen molar-refractivity contribution in [2.75, 3.05) is 13.1 Å². The highest BCUT2D eigenvalue weighted by molar-refractivity contribution is 5.79. The Labute approximate surface area is 110 Å².